The predicted molar refractivity (Wildman–Crippen MR) is 111 cm³/mol. The molecular formula is C23H31NO5. The molecule has 0 radical (unpaired) electrons. The molecule has 0 N–H and O–H groups in total. The number of likely N-dealkylation sites (tertiary alicyclic amines) is 1. The van der Waals surface area contributed by atoms with Gasteiger partial charge >= 0.3 is 5.97 Å². The molecule has 0 unspecified atom stereocenters. The highest BCUT2D eigenvalue weighted by molar-refractivity contribution is 5.89. The third-order valence-electron chi connectivity index (χ3n) is 5.91. The lowest BCUT2D eigenvalue weighted by Gasteiger charge is -2.39. The molecule has 1 heterocycles. The van der Waals surface area contributed by atoms with E-state index in [0.717, 1.165) is 31.4 Å². The highest BCUT2D eigenvalue weighted by atomic mass is 16.5. The Morgan fingerprint density at radius 1 is 1.17 bits per heavy atom. The van der Waals surface area contributed by atoms with Gasteiger partial charge in [0, 0.05) is 30.3 Å². The minimum atomic E-state index is -0.551. The van der Waals surface area contributed by atoms with Crippen LogP contribution in [-0.4, -0.2) is 50.2 Å². The fourth-order valence-corrected chi connectivity index (χ4v) is 5.13. The summed E-state index contributed by atoms with van der Waals surface area (Å²) in [6, 6.07) is 5.56. The monoisotopic (exact) mass is 401 g/mol. The summed E-state index contributed by atoms with van der Waals surface area (Å²) in [7, 11) is 3.13. The Kier molecular flexibility index (Phi) is 5.92. The molecule has 1 amide bonds. The summed E-state index contributed by atoms with van der Waals surface area (Å²) in [5.74, 6) is 0.592. The number of fused-ring (bicyclic) bond motifs is 2. The SMILES string of the molecule is COc1ccc(/C=C/C(=O)OCC(=O)N2C[C@@]3(C)C[C@H]2CC(C)(C)C3)c(OC)c1. The maximum Gasteiger partial charge on any atom is 0.331 e. The van der Waals surface area contributed by atoms with Crippen LogP contribution < -0.4 is 9.47 Å². The highest BCUT2D eigenvalue weighted by Gasteiger charge is 2.50. The van der Waals surface area contributed by atoms with E-state index in [-0.39, 0.29) is 29.4 Å². The van der Waals surface area contributed by atoms with Crippen molar-refractivity contribution < 1.29 is 23.8 Å². The first-order chi connectivity index (χ1) is 13.6. The van der Waals surface area contributed by atoms with E-state index in [0.29, 0.717) is 11.5 Å². The summed E-state index contributed by atoms with van der Waals surface area (Å²) in [5, 5.41) is 0. The van der Waals surface area contributed by atoms with Gasteiger partial charge in [0.05, 0.1) is 14.2 Å². The number of nitrogens with zero attached hydrogens (tertiary/aromatic N) is 1. The van der Waals surface area contributed by atoms with Crippen LogP contribution >= 0.6 is 0 Å². The number of benzene rings is 1. The number of carbonyl (C=O) groups excluding carboxylic acids is 2. The molecule has 1 saturated carbocycles. The zero-order valence-electron chi connectivity index (χ0n) is 18.0. The summed E-state index contributed by atoms with van der Waals surface area (Å²) in [6.45, 7) is 7.31. The largest absolute Gasteiger partial charge is 0.497 e. The number of amides is 1. The summed E-state index contributed by atoms with van der Waals surface area (Å²) in [4.78, 5) is 26.7. The van der Waals surface area contributed by atoms with Crippen molar-refractivity contribution >= 4 is 18.0 Å². The van der Waals surface area contributed by atoms with Gasteiger partial charge in [0.1, 0.15) is 11.5 Å². The second-order valence-corrected chi connectivity index (χ2v) is 9.28. The Morgan fingerprint density at radius 2 is 1.93 bits per heavy atom. The Balaban J connectivity index is 1.56. The molecular weight excluding hydrogens is 370 g/mol. The van der Waals surface area contributed by atoms with Crippen molar-refractivity contribution in [3.05, 3.63) is 29.8 Å². The van der Waals surface area contributed by atoms with Gasteiger partial charge in [-0.1, -0.05) is 20.8 Å². The number of ether oxygens (including phenoxy) is 3. The Bertz CT molecular complexity index is 815. The van der Waals surface area contributed by atoms with Gasteiger partial charge in [0.25, 0.3) is 5.91 Å². The van der Waals surface area contributed by atoms with Crippen molar-refractivity contribution in [3.8, 4) is 11.5 Å². The first kappa shape index (κ1) is 21.2. The number of esters is 1. The Labute approximate surface area is 172 Å². The van der Waals surface area contributed by atoms with Crippen LogP contribution in [-0.2, 0) is 14.3 Å². The minimum Gasteiger partial charge on any atom is -0.497 e. The van der Waals surface area contributed by atoms with Crippen LogP contribution in [0.1, 0.15) is 45.6 Å². The lowest BCUT2D eigenvalue weighted by atomic mass is 9.65. The Morgan fingerprint density at radius 3 is 2.62 bits per heavy atom. The molecule has 0 spiro atoms. The van der Waals surface area contributed by atoms with Crippen molar-refractivity contribution in [3.63, 3.8) is 0 Å². The van der Waals surface area contributed by atoms with Crippen LogP contribution in [0.3, 0.4) is 0 Å². The molecule has 1 saturated heterocycles. The van der Waals surface area contributed by atoms with E-state index in [1.54, 1.807) is 38.5 Å². The van der Waals surface area contributed by atoms with Crippen LogP contribution in [0.5, 0.6) is 11.5 Å². The first-order valence-corrected chi connectivity index (χ1v) is 10.0. The Hall–Kier alpha value is -2.50. The molecule has 1 aromatic carbocycles. The molecule has 2 atom stereocenters. The third kappa shape index (κ3) is 4.92. The van der Waals surface area contributed by atoms with Gasteiger partial charge in [-0.15, -0.1) is 0 Å². The molecule has 29 heavy (non-hydrogen) atoms. The van der Waals surface area contributed by atoms with Gasteiger partial charge in [0.15, 0.2) is 6.61 Å². The molecule has 2 aliphatic rings. The summed E-state index contributed by atoms with van der Waals surface area (Å²) < 4.78 is 15.7. The van der Waals surface area contributed by atoms with Crippen LogP contribution in [0.4, 0.5) is 0 Å². The van der Waals surface area contributed by atoms with E-state index >= 15 is 0 Å². The van der Waals surface area contributed by atoms with Gasteiger partial charge in [-0.2, -0.15) is 0 Å². The average molecular weight is 402 g/mol. The fraction of sp³-hybridized carbons (Fsp3) is 0.565. The van der Waals surface area contributed by atoms with Crippen LogP contribution in [0.15, 0.2) is 24.3 Å². The standard InChI is InChI=1S/C23H31NO5/c1-22(2)11-17-12-23(3,14-22)15-24(17)20(25)13-29-21(26)9-7-16-6-8-18(27-4)10-19(16)28-5/h6-10,17H,11-15H2,1-5H3/b9-7+/t17-,23+/m1/s1. The molecule has 2 bridgehead atoms. The van der Waals surface area contributed by atoms with E-state index in [4.69, 9.17) is 14.2 Å². The third-order valence-corrected chi connectivity index (χ3v) is 5.91. The highest BCUT2D eigenvalue weighted by Crippen LogP contribution is 2.52. The topological polar surface area (TPSA) is 65.1 Å². The molecule has 1 aliphatic heterocycles. The zero-order valence-corrected chi connectivity index (χ0v) is 18.0. The van der Waals surface area contributed by atoms with Gasteiger partial charge in [-0.05, 0) is 48.3 Å². The van der Waals surface area contributed by atoms with Crippen molar-refractivity contribution in [2.24, 2.45) is 10.8 Å². The molecule has 6 nitrogen and oxygen atoms in total. The molecule has 3 rings (SSSR count). The number of methoxy groups -OCH3 is 2. The molecule has 0 aromatic heterocycles. The van der Waals surface area contributed by atoms with E-state index in [9.17, 15) is 9.59 Å². The molecule has 6 heteroatoms. The summed E-state index contributed by atoms with van der Waals surface area (Å²) in [5.41, 5.74) is 1.13. The minimum absolute atomic E-state index is 0.111. The second-order valence-electron chi connectivity index (χ2n) is 9.28. The lowest BCUT2D eigenvalue weighted by Crippen LogP contribution is -2.39. The quantitative estimate of drug-likeness (QED) is 0.537. The normalized spacial score (nSPS) is 25.1. The number of hydrogen-bond acceptors (Lipinski definition) is 5. The molecule has 158 valence electrons. The van der Waals surface area contributed by atoms with Crippen LogP contribution in [0.25, 0.3) is 6.08 Å². The molecule has 1 aliphatic carbocycles. The van der Waals surface area contributed by atoms with Gasteiger partial charge in [-0.25, -0.2) is 4.79 Å². The summed E-state index contributed by atoms with van der Waals surface area (Å²) in [6.07, 6.45) is 6.07. The van der Waals surface area contributed by atoms with Crippen molar-refractivity contribution in [1.29, 1.82) is 0 Å². The van der Waals surface area contributed by atoms with Crippen LogP contribution in [0.2, 0.25) is 0 Å². The predicted octanol–water partition coefficient (Wildman–Crippen LogP) is 3.69. The molecule has 1 aromatic rings. The van der Waals surface area contributed by atoms with Crippen molar-refractivity contribution in [2.75, 3.05) is 27.4 Å². The number of rotatable bonds is 6. The first-order valence-electron chi connectivity index (χ1n) is 10.0. The zero-order chi connectivity index (χ0) is 21.2. The van der Waals surface area contributed by atoms with E-state index in [1.807, 2.05) is 4.90 Å². The van der Waals surface area contributed by atoms with E-state index in [1.165, 1.54) is 6.08 Å². The summed E-state index contributed by atoms with van der Waals surface area (Å²) >= 11 is 0. The average Bonchev–Trinajstić information content (AvgIpc) is 2.92. The van der Waals surface area contributed by atoms with Gasteiger partial charge in [0.2, 0.25) is 0 Å². The van der Waals surface area contributed by atoms with Crippen LogP contribution in [0, 0.1) is 10.8 Å². The van der Waals surface area contributed by atoms with Gasteiger partial charge in [-0.3, -0.25) is 4.79 Å². The smallest absolute Gasteiger partial charge is 0.331 e. The van der Waals surface area contributed by atoms with E-state index in [2.05, 4.69) is 20.8 Å². The maximum atomic E-state index is 12.7. The number of hydrogen-bond donors (Lipinski definition) is 0. The molecule has 2 fully saturated rings. The van der Waals surface area contributed by atoms with E-state index < -0.39 is 5.97 Å². The second kappa shape index (κ2) is 8.09. The fourth-order valence-electron chi connectivity index (χ4n) is 5.13. The van der Waals surface area contributed by atoms with Crippen molar-refractivity contribution in [1.82, 2.24) is 4.90 Å². The lowest BCUT2D eigenvalue weighted by molar-refractivity contribution is -0.148. The van der Waals surface area contributed by atoms with Crippen molar-refractivity contribution in [2.45, 2.75) is 46.1 Å². The number of carbonyl (C=O) groups is 2. The van der Waals surface area contributed by atoms with Gasteiger partial charge < -0.3 is 19.1 Å². The maximum absolute atomic E-state index is 12.7.